The van der Waals surface area contributed by atoms with E-state index >= 15 is 0 Å². The fraction of sp³-hybridized carbons (Fsp3) is 0.488. The van der Waals surface area contributed by atoms with Gasteiger partial charge in [0.05, 0.1) is 18.5 Å². The summed E-state index contributed by atoms with van der Waals surface area (Å²) in [5, 5.41) is 4.88. The molecule has 1 aliphatic carbocycles. The van der Waals surface area contributed by atoms with Crippen LogP contribution in [0.15, 0.2) is 66.2 Å². The van der Waals surface area contributed by atoms with Crippen LogP contribution in [0.2, 0.25) is 51.4 Å². The SMILES string of the molecule is [B]c1c(C2CCC(=C(OC(C)=O)C(=O)OCC)CC2)nc2c(-c3ccc(-c4ccccc4)nc3)cnn2c1N(COCC[Si](C)(C)C)COCC[Si](C)(C)C. The lowest BCUT2D eigenvalue weighted by Crippen LogP contribution is -2.38. The molecule has 0 spiro atoms. The van der Waals surface area contributed by atoms with Crippen molar-refractivity contribution < 1.29 is 28.5 Å². The van der Waals surface area contributed by atoms with Gasteiger partial charge in [0.25, 0.3) is 0 Å². The summed E-state index contributed by atoms with van der Waals surface area (Å²) in [4.78, 5) is 36.8. The number of esters is 2. The number of hydrogen-bond donors (Lipinski definition) is 0. The second kappa shape index (κ2) is 18.7. The summed E-state index contributed by atoms with van der Waals surface area (Å²) in [6.45, 7) is 19.0. The van der Waals surface area contributed by atoms with E-state index in [0.717, 1.165) is 45.7 Å². The van der Waals surface area contributed by atoms with Crippen molar-refractivity contribution in [3.05, 3.63) is 71.9 Å². The quantitative estimate of drug-likeness (QED) is 0.0263. The van der Waals surface area contributed by atoms with Crippen molar-refractivity contribution in [2.24, 2.45) is 0 Å². The van der Waals surface area contributed by atoms with E-state index < -0.39 is 28.1 Å². The topological polar surface area (TPSA) is 117 Å². The van der Waals surface area contributed by atoms with E-state index in [1.807, 2.05) is 59.8 Å². The zero-order valence-electron chi connectivity index (χ0n) is 33.8. The minimum absolute atomic E-state index is 0.00786. The van der Waals surface area contributed by atoms with Gasteiger partial charge in [0.1, 0.15) is 27.1 Å². The van der Waals surface area contributed by atoms with Crippen LogP contribution in [0.5, 0.6) is 0 Å². The van der Waals surface area contributed by atoms with Gasteiger partial charge in [0.2, 0.25) is 5.76 Å². The molecular weight excluding hydrogens is 725 g/mol. The Morgan fingerprint density at radius 1 is 0.891 bits per heavy atom. The number of aromatic nitrogens is 4. The highest BCUT2D eigenvalue weighted by molar-refractivity contribution is 6.76. The Bertz CT molecular complexity index is 1930. The highest BCUT2D eigenvalue weighted by Crippen LogP contribution is 2.38. The first kappa shape index (κ1) is 42.0. The molecule has 1 aliphatic rings. The number of ether oxygens (including phenoxy) is 4. The van der Waals surface area contributed by atoms with Crippen LogP contribution in [-0.2, 0) is 28.5 Å². The molecule has 11 nitrogen and oxygen atoms in total. The van der Waals surface area contributed by atoms with Gasteiger partial charge in [0, 0.05) is 70.8 Å². The standard InChI is InChI=1S/C41H56BN5O6Si2/c1-9-52-41(49)38(53-29(2)48)32-17-15-31(16-18-32)37-36(42)40(46(27-50-21-23-54(3,4)5)28-51-22-24-55(6,7)8)47-39(45-37)34(26-44-47)33-19-20-35(43-25-33)30-13-11-10-12-14-30/h10-14,19-20,25-26,31H,9,15-18,21-24,27-28H2,1-8H3. The summed E-state index contributed by atoms with van der Waals surface area (Å²) in [5.41, 5.74) is 6.27. The van der Waals surface area contributed by atoms with E-state index in [1.165, 1.54) is 6.92 Å². The molecule has 0 unspecified atom stereocenters. The molecule has 0 atom stereocenters. The summed E-state index contributed by atoms with van der Waals surface area (Å²) >= 11 is 0. The molecule has 0 amide bonds. The van der Waals surface area contributed by atoms with Gasteiger partial charge in [-0.15, -0.1) is 0 Å². The fourth-order valence-electron chi connectivity index (χ4n) is 6.49. The molecular formula is C41H56BN5O6Si2. The first-order chi connectivity index (χ1) is 26.1. The molecule has 0 aliphatic heterocycles. The number of pyridine rings is 1. The first-order valence-corrected chi connectivity index (χ1v) is 26.7. The lowest BCUT2D eigenvalue weighted by Gasteiger charge is -2.31. The lowest BCUT2D eigenvalue weighted by atomic mass is 9.78. The number of rotatable bonds is 17. The van der Waals surface area contributed by atoms with E-state index in [1.54, 1.807) is 11.4 Å². The maximum absolute atomic E-state index is 12.8. The molecule has 0 N–H and O–H groups in total. The monoisotopic (exact) mass is 781 g/mol. The van der Waals surface area contributed by atoms with Crippen LogP contribution in [-0.4, -0.2) is 88.8 Å². The number of benzene rings is 1. The molecule has 4 aromatic rings. The lowest BCUT2D eigenvalue weighted by molar-refractivity contribution is -0.150. The van der Waals surface area contributed by atoms with Crippen molar-refractivity contribution in [2.75, 3.05) is 38.2 Å². The summed E-state index contributed by atoms with van der Waals surface area (Å²) in [5.74, 6) is -0.571. The van der Waals surface area contributed by atoms with Crippen LogP contribution < -0.4 is 10.4 Å². The molecule has 2 radical (unpaired) electrons. The molecule has 3 aromatic heterocycles. The Morgan fingerprint density at radius 2 is 1.53 bits per heavy atom. The molecule has 55 heavy (non-hydrogen) atoms. The molecule has 3 heterocycles. The van der Waals surface area contributed by atoms with Gasteiger partial charge < -0.3 is 23.8 Å². The molecule has 1 aromatic carbocycles. The maximum Gasteiger partial charge on any atom is 0.374 e. The Hall–Kier alpha value is -4.11. The molecule has 1 fully saturated rings. The van der Waals surface area contributed by atoms with Crippen molar-refractivity contribution in [3.63, 3.8) is 0 Å². The number of hydrogen-bond acceptors (Lipinski definition) is 10. The maximum atomic E-state index is 12.8. The van der Waals surface area contributed by atoms with E-state index in [2.05, 4.69) is 39.3 Å². The van der Waals surface area contributed by atoms with Gasteiger partial charge in [-0.05, 0) is 61.8 Å². The molecule has 5 rings (SSSR count). The highest BCUT2D eigenvalue weighted by Gasteiger charge is 2.30. The molecule has 292 valence electrons. The van der Waals surface area contributed by atoms with Crippen LogP contribution in [0.4, 0.5) is 5.82 Å². The smallest absolute Gasteiger partial charge is 0.374 e. The largest absolute Gasteiger partial charge is 0.460 e. The van der Waals surface area contributed by atoms with Crippen LogP contribution in [0, 0.1) is 0 Å². The van der Waals surface area contributed by atoms with Crippen molar-refractivity contribution in [1.82, 2.24) is 19.6 Å². The molecule has 0 bridgehead atoms. The summed E-state index contributed by atoms with van der Waals surface area (Å²) in [6, 6.07) is 16.2. The van der Waals surface area contributed by atoms with Gasteiger partial charge in [-0.1, -0.05) is 75.7 Å². The van der Waals surface area contributed by atoms with Crippen LogP contribution in [0.25, 0.3) is 28.0 Å². The Labute approximate surface area is 329 Å². The zero-order chi connectivity index (χ0) is 39.8. The van der Waals surface area contributed by atoms with Crippen molar-refractivity contribution in [1.29, 1.82) is 0 Å². The summed E-state index contributed by atoms with van der Waals surface area (Å²) in [7, 11) is 4.52. The Morgan fingerprint density at radius 3 is 2.07 bits per heavy atom. The van der Waals surface area contributed by atoms with Crippen molar-refractivity contribution in [3.8, 4) is 22.4 Å². The molecule has 0 saturated heterocycles. The number of allylic oxidation sites excluding steroid dienone is 1. The average molecular weight is 782 g/mol. The van der Waals surface area contributed by atoms with Gasteiger partial charge in [-0.2, -0.15) is 9.61 Å². The molecule has 1 saturated carbocycles. The number of nitrogens with zero attached hydrogens (tertiary/aromatic N) is 5. The first-order valence-electron chi connectivity index (χ1n) is 19.3. The predicted octanol–water partition coefficient (Wildman–Crippen LogP) is 7.72. The fourth-order valence-corrected chi connectivity index (χ4v) is 8.00. The normalized spacial score (nSPS) is 14.9. The zero-order valence-corrected chi connectivity index (χ0v) is 35.8. The van der Waals surface area contributed by atoms with Crippen LogP contribution in [0.3, 0.4) is 0 Å². The highest BCUT2D eigenvalue weighted by atomic mass is 28.3. The second-order valence-corrected chi connectivity index (χ2v) is 27.8. The third-order valence-corrected chi connectivity index (χ3v) is 13.0. The number of carbonyl (C=O) groups is 2. The average Bonchev–Trinajstić information content (AvgIpc) is 3.56. The van der Waals surface area contributed by atoms with Crippen LogP contribution >= 0.6 is 0 Å². The van der Waals surface area contributed by atoms with E-state index in [9.17, 15) is 9.59 Å². The van der Waals surface area contributed by atoms with Gasteiger partial charge in [-0.25, -0.2) is 9.78 Å². The minimum Gasteiger partial charge on any atom is -0.460 e. The second-order valence-electron chi connectivity index (χ2n) is 16.6. The number of carbonyl (C=O) groups excluding carboxylic acids is 2. The number of anilines is 1. The van der Waals surface area contributed by atoms with Gasteiger partial charge in [-0.3, -0.25) is 9.78 Å². The predicted molar refractivity (Wildman–Crippen MR) is 224 cm³/mol. The van der Waals surface area contributed by atoms with Gasteiger partial charge in [0.15, 0.2) is 5.65 Å². The number of fused-ring (bicyclic) bond motifs is 1. The van der Waals surface area contributed by atoms with Crippen molar-refractivity contribution in [2.45, 2.75) is 96.8 Å². The third-order valence-electron chi connectivity index (χ3n) is 9.62. The Kier molecular flexibility index (Phi) is 14.3. The van der Waals surface area contributed by atoms with E-state index in [4.69, 9.17) is 41.9 Å². The summed E-state index contributed by atoms with van der Waals surface area (Å²) in [6.07, 6.45) is 6.00. The van der Waals surface area contributed by atoms with Crippen LogP contribution in [0.1, 0.15) is 51.1 Å². The van der Waals surface area contributed by atoms with Gasteiger partial charge >= 0.3 is 11.9 Å². The third kappa shape index (κ3) is 11.5. The van der Waals surface area contributed by atoms with E-state index in [0.29, 0.717) is 55.8 Å². The Balaban J connectivity index is 1.57. The minimum atomic E-state index is -1.33. The molecule has 14 heteroatoms. The van der Waals surface area contributed by atoms with Crippen molar-refractivity contribution >= 4 is 52.9 Å². The summed E-state index contributed by atoms with van der Waals surface area (Å²) < 4.78 is 25.1. The van der Waals surface area contributed by atoms with E-state index in [-0.39, 0.29) is 31.7 Å².